The molecule has 1 heterocycles. The summed E-state index contributed by atoms with van der Waals surface area (Å²) in [6.07, 6.45) is 3.34. The van der Waals surface area contributed by atoms with E-state index in [0.29, 0.717) is 6.42 Å². The van der Waals surface area contributed by atoms with Gasteiger partial charge in [-0.3, -0.25) is 4.79 Å². The molecule has 3 nitrogen and oxygen atoms in total. The molecule has 1 fully saturated rings. The highest BCUT2D eigenvalue weighted by molar-refractivity contribution is 5.77. The van der Waals surface area contributed by atoms with Crippen molar-refractivity contribution in [3.05, 3.63) is 35.6 Å². The van der Waals surface area contributed by atoms with Gasteiger partial charge in [-0.05, 0) is 50.6 Å². The van der Waals surface area contributed by atoms with Crippen LogP contribution in [0.5, 0.6) is 0 Å². The molecule has 1 aliphatic heterocycles. The fraction of sp³-hybridized carbons (Fsp3) is 0.533. The molecule has 1 aromatic rings. The molecule has 4 heteroatoms. The van der Waals surface area contributed by atoms with Crippen LogP contribution >= 0.6 is 0 Å². The molecule has 0 bridgehead atoms. The van der Waals surface area contributed by atoms with Gasteiger partial charge < -0.3 is 10.2 Å². The molecule has 0 aromatic heterocycles. The van der Waals surface area contributed by atoms with Crippen LogP contribution in [0, 0.1) is 5.82 Å². The van der Waals surface area contributed by atoms with Crippen molar-refractivity contribution >= 4 is 5.91 Å². The zero-order valence-corrected chi connectivity index (χ0v) is 11.4. The number of carbonyl (C=O) groups is 1. The Morgan fingerprint density at radius 2 is 2.37 bits per heavy atom. The van der Waals surface area contributed by atoms with Crippen molar-refractivity contribution in [3.8, 4) is 0 Å². The summed E-state index contributed by atoms with van der Waals surface area (Å²) in [6.45, 7) is 1.64. The first kappa shape index (κ1) is 14.0. The van der Waals surface area contributed by atoms with Gasteiger partial charge in [-0.2, -0.15) is 0 Å². The average Bonchev–Trinajstić information content (AvgIpc) is 2.88. The van der Waals surface area contributed by atoms with E-state index in [9.17, 15) is 9.18 Å². The summed E-state index contributed by atoms with van der Waals surface area (Å²) in [7, 11) is 1.88. The molecule has 1 saturated heterocycles. The second kappa shape index (κ2) is 6.66. The maximum Gasteiger partial charge on any atom is 0.223 e. The Hall–Kier alpha value is -1.42. The number of rotatable bonds is 5. The van der Waals surface area contributed by atoms with E-state index < -0.39 is 0 Å². The number of halogens is 1. The van der Waals surface area contributed by atoms with Crippen LogP contribution in [0.1, 0.15) is 37.3 Å². The van der Waals surface area contributed by atoms with Crippen LogP contribution in [0.25, 0.3) is 0 Å². The van der Waals surface area contributed by atoms with Gasteiger partial charge in [-0.25, -0.2) is 4.39 Å². The molecule has 1 atom stereocenters. The number of amides is 1. The first-order chi connectivity index (χ1) is 9.22. The molecule has 0 spiro atoms. The van der Waals surface area contributed by atoms with Gasteiger partial charge in [0.05, 0.1) is 6.04 Å². The van der Waals surface area contributed by atoms with E-state index in [1.807, 2.05) is 18.0 Å². The highest BCUT2D eigenvalue weighted by Crippen LogP contribution is 2.32. The van der Waals surface area contributed by atoms with Gasteiger partial charge in [-0.15, -0.1) is 0 Å². The molecule has 2 rings (SSSR count). The first-order valence-corrected chi connectivity index (χ1v) is 6.92. The SMILES string of the molecule is CNCCCC(=O)N1CCCC1c1cccc(F)c1. The Morgan fingerprint density at radius 3 is 3.11 bits per heavy atom. The monoisotopic (exact) mass is 264 g/mol. The van der Waals surface area contributed by atoms with Gasteiger partial charge in [0, 0.05) is 13.0 Å². The first-order valence-electron chi connectivity index (χ1n) is 6.92. The summed E-state index contributed by atoms with van der Waals surface area (Å²) < 4.78 is 13.3. The topological polar surface area (TPSA) is 32.3 Å². The van der Waals surface area contributed by atoms with E-state index in [2.05, 4.69) is 5.32 Å². The van der Waals surface area contributed by atoms with Crippen molar-refractivity contribution in [2.45, 2.75) is 31.7 Å². The van der Waals surface area contributed by atoms with Gasteiger partial charge in [-0.1, -0.05) is 12.1 Å². The number of likely N-dealkylation sites (tertiary alicyclic amines) is 1. The highest BCUT2D eigenvalue weighted by Gasteiger charge is 2.29. The zero-order chi connectivity index (χ0) is 13.7. The lowest BCUT2D eigenvalue weighted by atomic mass is 10.0. The lowest BCUT2D eigenvalue weighted by molar-refractivity contribution is -0.132. The number of nitrogens with zero attached hydrogens (tertiary/aromatic N) is 1. The van der Waals surface area contributed by atoms with Crippen LogP contribution in [-0.4, -0.2) is 30.9 Å². The summed E-state index contributed by atoms with van der Waals surface area (Å²) in [5.74, 6) is -0.0472. The lowest BCUT2D eigenvalue weighted by Crippen LogP contribution is -2.30. The van der Waals surface area contributed by atoms with Gasteiger partial charge in [0.25, 0.3) is 0 Å². The number of carbonyl (C=O) groups excluding carboxylic acids is 1. The van der Waals surface area contributed by atoms with Gasteiger partial charge in [0.2, 0.25) is 5.91 Å². The van der Waals surface area contributed by atoms with E-state index >= 15 is 0 Å². The maximum atomic E-state index is 13.3. The third-order valence-corrected chi connectivity index (χ3v) is 3.62. The predicted octanol–water partition coefficient (Wildman–Crippen LogP) is 2.49. The van der Waals surface area contributed by atoms with Crippen molar-refractivity contribution < 1.29 is 9.18 Å². The molecule has 1 amide bonds. The minimum atomic E-state index is -0.230. The molecular formula is C15H21FN2O. The lowest BCUT2D eigenvalue weighted by Gasteiger charge is -2.25. The van der Waals surface area contributed by atoms with Gasteiger partial charge in [0.15, 0.2) is 0 Å². The Balaban J connectivity index is 2.02. The minimum Gasteiger partial charge on any atom is -0.336 e. The minimum absolute atomic E-state index is 0.0535. The molecule has 1 unspecified atom stereocenters. The molecule has 1 N–H and O–H groups in total. The summed E-state index contributed by atoms with van der Waals surface area (Å²) in [4.78, 5) is 14.1. The number of nitrogens with one attached hydrogen (secondary N) is 1. The maximum absolute atomic E-state index is 13.3. The standard InChI is InChI=1S/C15H21FN2O/c1-17-9-3-8-15(19)18-10-4-7-14(18)12-5-2-6-13(16)11-12/h2,5-6,11,14,17H,3-4,7-10H2,1H3. The van der Waals surface area contributed by atoms with Crippen molar-refractivity contribution in [3.63, 3.8) is 0 Å². The van der Waals surface area contributed by atoms with Crippen molar-refractivity contribution in [1.82, 2.24) is 10.2 Å². The zero-order valence-electron chi connectivity index (χ0n) is 11.4. The van der Waals surface area contributed by atoms with Crippen LogP contribution in [0.2, 0.25) is 0 Å². The predicted molar refractivity (Wildman–Crippen MR) is 73.2 cm³/mol. The van der Waals surface area contributed by atoms with Crippen LogP contribution in [-0.2, 0) is 4.79 Å². The fourth-order valence-electron chi connectivity index (χ4n) is 2.69. The van der Waals surface area contributed by atoms with E-state index in [0.717, 1.165) is 37.9 Å². The van der Waals surface area contributed by atoms with E-state index in [1.165, 1.54) is 6.07 Å². The number of hydrogen-bond donors (Lipinski definition) is 1. The summed E-state index contributed by atoms with van der Waals surface area (Å²) >= 11 is 0. The van der Waals surface area contributed by atoms with Gasteiger partial charge >= 0.3 is 0 Å². The number of benzene rings is 1. The normalized spacial score (nSPS) is 18.8. The van der Waals surface area contributed by atoms with Crippen LogP contribution < -0.4 is 5.32 Å². The molecule has 104 valence electrons. The summed E-state index contributed by atoms with van der Waals surface area (Å²) in [6, 6.07) is 6.67. The van der Waals surface area contributed by atoms with Crippen molar-refractivity contribution in [1.29, 1.82) is 0 Å². The quantitative estimate of drug-likeness (QED) is 0.829. The summed E-state index contributed by atoms with van der Waals surface area (Å²) in [5.41, 5.74) is 0.916. The second-order valence-corrected chi connectivity index (χ2v) is 5.01. The molecule has 19 heavy (non-hydrogen) atoms. The van der Waals surface area contributed by atoms with Crippen LogP contribution in [0.3, 0.4) is 0 Å². The molecular weight excluding hydrogens is 243 g/mol. The van der Waals surface area contributed by atoms with E-state index in [4.69, 9.17) is 0 Å². The third-order valence-electron chi connectivity index (χ3n) is 3.62. The average molecular weight is 264 g/mol. The van der Waals surface area contributed by atoms with E-state index in [1.54, 1.807) is 12.1 Å². The molecule has 1 aromatic carbocycles. The Morgan fingerprint density at radius 1 is 1.53 bits per heavy atom. The highest BCUT2D eigenvalue weighted by atomic mass is 19.1. The molecule has 0 radical (unpaired) electrons. The third kappa shape index (κ3) is 3.53. The second-order valence-electron chi connectivity index (χ2n) is 5.01. The van der Waals surface area contributed by atoms with Crippen molar-refractivity contribution in [2.24, 2.45) is 0 Å². The van der Waals surface area contributed by atoms with E-state index in [-0.39, 0.29) is 17.8 Å². The van der Waals surface area contributed by atoms with Crippen LogP contribution in [0.15, 0.2) is 24.3 Å². The summed E-state index contributed by atoms with van der Waals surface area (Å²) in [5, 5.41) is 3.04. The largest absolute Gasteiger partial charge is 0.336 e. The van der Waals surface area contributed by atoms with Gasteiger partial charge in [0.1, 0.15) is 5.82 Å². The Bertz CT molecular complexity index is 436. The molecule has 0 saturated carbocycles. The number of hydrogen-bond acceptors (Lipinski definition) is 2. The van der Waals surface area contributed by atoms with Crippen molar-refractivity contribution in [2.75, 3.05) is 20.1 Å². The Kier molecular flexibility index (Phi) is 4.91. The smallest absolute Gasteiger partial charge is 0.223 e. The molecule has 0 aliphatic carbocycles. The Labute approximate surface area is 113 Å². The fourth-order valence-corrected chi connectivity index (χ4v) is 2.69. The van der Waals surface area contributed by atoms with Crippen LogP contribution in [0.4, 0.5) is 4.39 Å². The molecule has 1 aliphatic rings.